The monoisotopic (exact) mass is 378 g/mol. The van der Waals surface area contributed by atoms with Crippen LogP contribution in [0.25, 0.3) is 11.0 Å². The van der Waals surface area contributed by atoms with Gasteiger partial charge in [-0.1, -0.05) is 47.5 Å². The van der Waals surface area contributed by atoms with Crippen molar-refractivity contribution in [3.8, 4) is 0 Å². The summed E-state index contributed by atoms with van der Waals surface area (Å²) in [5.41, 5.74) is 3.90. The summed E-state index contributed by atoms with van der Waals surface area (Å²) in [4.78, 5) is 9.24. The van der Waals surface area contributed by atoms with Crippen LogP contribution in [0, 0.1) is 6.92 Å². The molecule has 0 saturated carbocycles. The first kappa shape index (κ1) is 17.3. The van der Waals surface area contributed by atoms with Crippen LogP contribution in [0.2, 0.25) is 5.02 Å². The van der Waals surface area contributed by atoms with E-state index in [-0.39, 0.29) is 0 Å². The number of benzene rings is 2. The smallest absolute Gasteiger partial charge is 0.227 e. The zero-order chi connectivity index (χ0) is 18.8. The molecule has 0 aliphatic carbocycles. The molecule has 0 aliphatic heterocycles. The van der Waals surface area contributed by atoms with Crippen LogP contribution in [0.5, 0.6) is 0 Å². The van der Waals surface area contributed by atoms with E-state index >= 15 is 0 Å². The van der Waals surface area contributed by atoms with Crippen LogP contribution in [-0.4, -0.2) is 19.7 Å². The van der Waals surface area contributed by atoms with Crippen molar-refractivity contribution < 1.29 is 0 Å². The minimum Gasteiger partial charge on any atom is -0.350 e. The van der Waals surface area contributed by atoms with Crippen LogP contribution in [0.15, 0.2) is 54.7 Å². The summed E-state index contributed by atoms with van der Waals surface area (Å²) in [7, 11) is 1.86. The van der Waals surface area contributed by atoms with E-state index in [0.29, 0.717) is 23.3 Å². The Morgan fingerprint density at radius 1 is 1.04 bits per heavy atom. The third kappa shape index (κ3) is 3.71. The fraction of sp³-hybridized carbons (Fsp3) is 0.150. The van der Waals surface area contributed by atoms with Crippen molar-refractivity contribution >= 4 is 40.1 Å². The van der Waals surface area contributed by atoms with Crippen LogP contribution in [0.4, 0.5) is 17.5 Å². The highest BCUT2D eigenvalue weighted by atomic mass is 35.5. The molecule has 0 atom stereocenters. The molecule has 0 amide bonds. The lowest BCUT2D eigenvalue weighted by molar-refractivity contribution is 0.785. The second-order valence-electron chi connectivity index (χ2n) is 6.34. The summed E-state index contributed by atoms with van der Waals surface area (Å²) in [6.07, 6.45) is 1.77. The average Bonchev–Trinajstić information content (AvgIpc) is 3.04. The largest absolute Gasteiger partial charge is 0.350 e. The Morgan fingerprint density at radius 2 is 1.81 bits per heavy atom. The van der Waals surface area contributed by atoms with Crippen molar-refractivity contribution in [2.24, 2.45) is 7.05 Å². The molecule has 4 aromatic rings. The third-order valence-corrected chi connectivity index (χ3v) is 4.67. The Hall–Kier alpha value is -3.12. The Labute approximate surface area is 162 Å². The fourth-order valence-electron chi connectivity index (χ4n) is 2.79. The quantitative estimate of drug-likeness (QED) is 0.527. The summed E-state index contributed by atoms with van der Waals surface area (Å²) in [6, 6.07) is 15.9. The molecule has 2 N–H and O–H groups in total. The van der Waals surface area contributed by atoms with Gasteiger partial charge in [-0.15, -0.1) is 0 Å². The van der Waals surface area contributed by atoms with E-state index < -0.39 is 0 Å². The summed E-state index contributed by atoms with van der Waals surface area (Å²) in [5.74, 6) is 1.22. The van der Waals surface area contributed by atoms with Gasteiger partial charge in [0.25, 0.3) is 0 Å². The maximum Gasteiger partial charge on any atom is 0.227 e. The number of anilines is 3. The van der Waals surface area contributed by atoms with Crippen molar-refractivity contribution in [1.82, 2.24) is 19.7 Å². The van der Waals surface area contributed by atoms with Gasteiger partial charge in [0.2, 0.25) is 5.95 Å². The van der Waals surface area contributed by atoms with Gasteiger partial charge in [0.1, 0.15) is 5.82 Å². The van der Waals surface area contributed by atoms with Gasteiger partial charge in [0.15, 0.2) is 5.65 Å². The Kier molecular flexibility index (Phi) is 4.64. The number of aromatic nitrogens is 4. The standard InChI is InChI=1S/C20H19ClN6/c1-13-7-9-15(10-8-13)24-18-16-12-23-27(2)19(16)26-20(25-18)22-11-14-5-3-4-6-17(14)21/h3-10,12H,11H2,1-2H3,(H2,22,24,25,26). The van der Waals surface area contributed by atoms with E-state index in [2.05, 4.69) is 44.8 Å². The maximum absolute atomic E-state index is 6.24. The lowest BCUT2D eigenvalue weighted by Crippen LogP contribution is -2.07. The molecule has 0 saturated heterocycles. The molecule has 27 heavy (non-hydrogen) atoms. The van der Waals surface area contributed by atoms with Gasteiger partial charge < -0.3 is 10.6 Å². The normalized spacial score (nSPS) is 10.9. The number of rotatable bonds is 5. The van der Waals surface area contributed by atoms with Gasteiger partial charge in [-0.2, -0.15) is 15.1 Å². The first-order valence-corrected chi connectivity index (χ1v) is 8.98. The summed E-state index contributed by atoms with van der Waals surface area (Å²) < 4.78 is 1.73. The molecule has 2 heterocycles. The lowest BCUT2D eigenvalue weighted by Gasteiger charge is -2.11. The second-order valence-corrected chi connectivity index (χ2v) is 6.74. The topological polar surface area (TPSA) is 67.7 Å². The number of halogens is 1. The van der Waals surface area contributed by atoms with Crippen molar-refractivity contribution in [2.45, 2.75) is 13.5 Å². The molecule has 0 fully saturated rings. The minimum atomic E-state index is 0.514. The number of nitrogens with zero attached hydrogens (tertiary/aromatic N) is 4. The van der Waals surface area contributed by atoms with Gasteiger partial charge in [-0.05, 0) is 30.7 Å². The second kappa shape index (κ2) is 7.25. The molecule has 136 valence electrons. The minimum absolute atomic E-state index is 0.514. The molecule has 2 aromatic carbocycles. The highest BCUT2D eigenvalue weighted by Crippen LogP contribution is 2.25. The molecule has 0 bridgehead atoms. The van der Waals surface area contributed by atoms with E-state index in [1.54, 1.807) is 10.9 Å². The first-order chi connectivity index (χ1) is 13.1. The lowest BCUT2D eigenvalue weighted by atomic mass is 10.2. The summed E-state index contributed by atoms with van der Waals surface area (Å²) in [5, 5.41) is 12.5. The van der Waals surface area contributed by atoms with E-state index in [9.17, 15) is 0 Å². The van der Waals surface area contributed by atoms with Crippen molar-refractivity contribution in [2.75, 3.05) is 10.6 Å². The van der Waals surface area contributed by atoms with Gasteiger partial charge in [-0.25, -0.2) is 0 Å². The van der Waals surface area contributed by atoms with E-state index in [0.717, 1.165) is 22.3 Å². The molecule has 7 heteroatoms. The molecular weight excluding hydrogens is 360 g/mol. The van der Waals surface area contributed by atoms with Gasteiger partial charge in [0.05, 0.1) is 11.6 Å². The van der Waals surface area contributed by atoms with Gasteiger partial charge in [0, 0.05) is 24.3 Å². The highest BCUT2D eigenvalue weighted by Gasteiger charge is 2.12. The average molecular weight is 379 g/mol. The van der Waals surface area contributed by atoms with E-state index in [1.807, 2.05) is 43.4 Å². The Bertz CT molecular complexity index is 1090. The van der Waals surface area contributed by atoms with E-state index in [1.165, 1.54) is 5.56 Å². The van der Waals surface area contributed by atoms with Crippen LogP contribution < -0.4 is 10.6 Å². The number of fused-ring (bicyclic) bond motifs is 1. The number of nitrogens with one attached hydrogen (secondary N) is 2. The molecule has 0 radical (unpaired) electrons. The zero-order valence-electron chi connectivity index (χ0n) is 15.1. The Balaban J connectivity index is 1.66. The van der Waals surface area contributed by atoms with Crippen LogP contribution in [0.3, 0.4) is 0 Å². The predicted molar refractivity (Wildman–Crippen MR) is 110 cm³/mol. The molecule has 6 nitrogen and oxygen atoms in total. The number of aryl methyl sites for hydroxylation is 2. The molecule has 0 unspecified atom stereocenters. The molecule has 0 spiro atoms. The summed E-state index contributed by atoms with van der Waals surface area (Å²) >= 11 is 6.24. The van der Waals surface area contributed by atoms with Crippen molar-refractivity contribution in [1.29, 1.82) is 0 Å². The van der Waals surface area contributed by atoms with Crippen LogP contribution >= 0.6 is 11.6 Å². The molecule has 4 rings (SSSR count). The molecule has 2 aromatic heterocycles. The summed E-state index contributed by atoms with van der Waals surface area (Å²) in [6.45, 7) is 2.59. The van der Waals surface area contributed by atoms with Crippen molar-refractivity contribution in [3.05, 3.63) is 70.9 Å². The molecular formula is C20H19ClN6. The molecule has 0 aliphatic rings. The number of hydrogen-bond acceptors (Lipinski definition) is 5. The van der Waals surface area contributed by atoms with Gasteiger partial charge >= 0.3 is 0 Å². The zero-order valence-corrected chi connectivity index (χ0v) is 15.8. The number of hydrogen-bond donors (Lipinski definition) is 2. The van der Waals surface area contributed by atoms with Crippen molar-refractivity contribution in [3.63, 3.8) is 0 Å². The first-order valence-electron chi connectivity index (χ1n) is 8.61. The predicted octanol–water partition coefficient (Wildman–Crippen LogP) is 4.68. The fourth-order valence-corrected chi connectivity index (χ4v) is 2.99. The highest BCUT2D eigenvalue weighted by molar-refractivity contribution is 6.31. The third-order valence-electron chi connectivity index (χ3n) is 4.30. The maximum atomic E-state index is 6.24. The van der Waals surface area contributed by atoms with Crippen LogP contribution in [0.1, 0.15) is 11.1 Å². The van der Waals surface area contributed by atoms with E-state index in [4.69, 9.17) is 11.6 Å². The van der Waals surface area contributed by atoms with Crippen LogP contribution in [-0.2, 0) is 13.6 Å². The SMILES string of the molecule is Cc1ccc(Nc2nc(NCc3ccccc3Cl)nc3c2cnn3C)cc1. The van der Waals surface area contributed by atoms with Gasteiger partial charge in [-0.3, -0.25) is 4.68 Å². The Morgan fingerprint density at radius 3 is 2.59 bits per heavy atom.